The topological polar surface area (TPSA) is 32.4 Å². The van der Waals surface area contributed by atoms with Crippen LogP contribution in [-0.2, 0) is 11.3 Å². The first kappa shape index (κ1) is 19.9. The predicted molar refractivity (Wildman–Crippen MR) is 112 cm³/mol. The molecular formula is C23H31FN4O+2. The van der Waals surface area contributed by atoms with Gasteiger partial charge in [0.05, 0.1) is 52.4 Å². The molecule has 0 radical (unpaired) electrons. The lowest BCUT2D eigenvalue weighted by Crippen LogP contribution is -3.16. The van der Waals surface area contributed by atoms with Crippen LogP contribution in [0.1, 0.15) is 5.56 Å². The second-order valence-electron chi connectivity index (χ2n) is 8.15. The van der Waals surface area contributed by atoms with Crippen LogP contribution in [0.25, 0.3) is 0 Å². The number of halogens is 1. The van der Waals surface area contributed by atoms with Crippen molar-refractivity contribution in [3.05, 3.63) is 66.0 Å². The molecule has 0 bridgehead atoms. The maximum Gasteiger partial charge on any atom is 0.278 e. The molecule has 2 saturated heterocycles. The summed E-state index contributed by atoms with van der Waals surface area (Å²) in [5.41, 5.74) is 2.04. The molecule has 2 aromatic rings. The van der Waals surface area contributed by atoms with Crippen LogP contribution in [0.2, 0.25) is 0 Å². The Labute approximate surface area is 172 Å². The average Bonchev–Trinajstić information content (AvgIpc) is 2.77. The van der Waals surface area contributed by atoms with Crippen LogP contribution in [0.4, 0.5) is 10.1 Å². The summed E-state index contributed by atoms with van der Waals surface area (Å²) in [6.45, 7) is 8.58. The third-order valence-corrected chi connectivity index (χ3v) is 6.21. The molecule has 1 amide bonds. The number of nitrogens with one attached hydrogen (secondary N) is 2. The van der Waals surface area contributed by atoms with E-state index in [4.69, 9.17) is 0 Å². The zero-order valence-corrected chi connectivity index (χ0v) is 16.9. The van der Waals surface area contributed by atoms with Crippen LogP contribution in [0.5, 0.6) is 0 Å². The Balaban J connectivity index is 1.20. The Hall–Kier alpha value is -2.44. The van der Waals surface area contributed by atoms with Gasteiger partial charge in [0.1, 0.15) is 12.4 Å². The molecule has 0 unspecified atom stereocenters. The summed E-state index contributed by atoms with van der Waals surface area (Å²) >= 11 is 0. The number of anilines is 1. The molecule has 6 heteroatoms. The zero-order valence-electron chi connectivity index (χ0n) is 16.9. The molecule has 2 aliphatic heterocycles. The van der Waals surface area contributed by atoms with E-state index in [2.05, 4.69) is 29.2 Å². The molecule has 4 rings (SSSR count). The van der Waals surface area contributed by atoms with E-state index in [0.29, 0.717) is 13.1 Å². The third kappa shape index (κ3) is 5.14. The molecule has 0 spiro atoms. The summed E-state index contributed by atoms with van der Waals surface area (Å²) in [5, 5.41) is 0. The molecule has 2 aliphatic rings. The number of benzene rings is 2. The molecule has 0 atom stereocenters. The van der Waals surface area contributed by atoms with Crippen LogP contribution < -0.4 is 14.7 Å². The highest BCUT2D eigenvalue weighted by atomic mass is 19.1. The van der Waals surface area contributed by atoms with Crippen molar-refractivity contribution in [1.82, 2.24) is 4.90 Å². The number of piperazine rings is 2. The van der Waals surface area contributed by atoms with Gasteiger partial charge in [-0.05, 0) is 18.2 Å². The van der Waals surface area contributed by atoms with Gasteiger partial charge in [0, 0.05) is 11.3 Å². The number of nitrogens with zero attached hydrogens (tertiary/aromatic N) is 2. The van der Waals surface area contributed by atoms with Gasteiger partial charge in [0.15, 0.2) is 6.54 Å². The first-order valence-electron chi connectivity index (χ1n) is 10.7. The van der Waals surface area contributed by atoms with Gasteiger partial charge < -0.3 is 19.6 Å². The summed E-state index contributed by atoms with van der Waals surface area (Å²) in [5.74, 6) is 0.134. The molecule has 2 fully saturated rings. The van der Waals surface area contributed by atoms with Crippen LogP contribution >= 0.6 is 0 Å². The first-order valence-corrected chi connectivity index (χ1v) is 10.7. The molecule has 154 valence electrons. The van der Waals surface area contributed by atoms with Crippen LogP contribution in [-0.4, -0.2) is 69.7 Å². The number of carbonyl (C=O) groups excluding carboxylic acids is 1. The summed E-state index contributed by atoms with van der Waals surface area (Å²) in [4.78, 5) is 19.9. The lowest BCUT2D eigenvalue weighted by Gasteiger charge is -2.36. The zero-order chi connectivity index (χ0) is 20.1. The van der Waals surface area contributed by atoms with Crippen molar-refractivity contribution >= 4 is 11.6 Å². The minimum absolute atomic E-state index is 0.128. The summed E-state index contributed by atoms with van der Waals surface area (Å²) in [6, 6.07) is 17.5. The van der Waals surface area contributed by atoms with Crippen molar-refractivity contribution in [2.45, 2.75) is 6.54 Å². The van der Waals surface area contributed by atoms with E-state index in [9.17, 15) is 9.18 Å². The Morgan fingerprint density at radius 1 is 0.828 bits per heavy atom. The summed E-state index contributed by atoms with van der Waals surface area (Å²) in [7, 11) is 0. The molecular weight excluding hydrogens is 367 g/mol. The quantitative estimate of drug-likeness (QED) is 0.709. The van der Waals surface area contributed by atoms with E-state index >= 15 is 0 Å². The fourth-order valence-electron chi connectivity index (χ4n) is 4.38. The molecule has 2 heterocycles. The number of amides is 1. The minimum atomic E-state index is -0.128. The molecule has 0 aliphatic carbocycles. The molecule has 2 aromatic carbocycles. The Morgan fingerprint density at radius 2 is 1.45 bits per heavy atom. The maximum absolute atomic E-state index is 13.9. The number of carbonyl (C=O) groups is 1. The van der Waals surface area contributed by atoms with E-state index < -0.39 is 0 Å². The number of rotatable bonds is 5. The predicted octanol–water partition coefficient (Wildman–Crippen LogP) is -0.542. The van der Waals surface area contributed by atoms with Crippen molar-refractivity contribution in [2.75, 3.05) is 63.8 Å². The Bertz CT molecular complexity index is 800. The standard InChI is InChI=1S/C23H29FN4O/c24-22-9-5-4-6-20(22)18-25-12-16-28(17-13-25)23(29)19-26-10-14-27(15-11-26)21-7-2-1-3-8-21/h1-9H,10-19H2/p+2. The average molecular weight is 399 g/mol. The normalized spacial score (nSPS) is 18.8. The highest BCUT2D eigenvalue weighted by Crippen LogP contribution is 2.12. The second-order valence-corrected chi connectivity index (χ2v) is 8.15. The lowest BCUT2D eigenvalue weighted by atomic mass is 10.2. The van der Waals surface area contributed by atoms with Crippen LogP contribution in [0, 0.1) is 5.82 Å². The summed E-state index contributed by atoms with van der Waals surface area (Å²) in [6.07, 6.45) is 0. The molecule has 0 aromatic heterocycles. The van der Waals surface area contributed by atoms with Gasteiger partial charge in [-0.2, -0.15) is 0 Å². The van der Waals surface area contributed by atoms with Crippen molar-refractivity contribution < 1.29 is 19.0 Å². The minimum Gasteiger partial charge on any atom is -0.360 e. The Kier molecular flexibility index (Phi) is 6.42. The van der Waals surface area contributed by atoms with Gasteiger partial charge in [-0.3, -0.25) is 4.79 Å². The van der Waals surface area contributed by atoms with Crippen molar-refractivity contribution in [3.63, 3.8) is 0 Å². The van der Waals surface area contributed by atoms with E-state index in [1.54, 1.807) is 6.07 Å². The highest BCUT2D eigenvalue weighted by Gasteiger charge is 2.28. The molecule has 29 heavy (non-hydrogen) atoms. The molecule has 5 nitrogen and oxygen atoms in total. The molecule has 0 saturated carbocycles. The van der Waals surface area contributed by atoms with E-state index in [1.807, 2.05) is 23.1 Å². The number of para-hydroxylation sites is 1. The lowest BCUT2D eigenvalue weighted by molar-refractivity contribution is -0.918. The van der Waals surface area contributed by atoms with Crippen molar-refractivity contribution in [1.29, 1.82) is 0 Å². The van der Waals surface area contributed by atoms with Crippen molar-refractivity contribution in [2.24, 2.45) is 0 Å². The first-order chi connectivity index (χ1) is 14.2. The fourth-order valence-corrected chi connectivity index (χ4v) is 4.38. The van der Waals surface area contributed by atoms with Gasteiger partial charge >= 0.3 is 0 Å². The van der Waals surface area contributed by atoms with Crippen LogP contribution in [0.15, 0.2) is 54.6 Å². The van der Waals surface area contributed by atoms with Gasteiger partial charge in [0.25, 0.3) is 5.91 Å². The maximum atomic E-state index is 13.9. The SMILES string of the molecule is O=C(C[NH+]1CCN(c2ccccc2)CC1)N1CC[NH+](Cc2ccccc2F)CC1. The van der Waals surface area contributed by atoms with E-state index in [1.165, 1.54) is 21.6 Å². The third-order valence-electron chi connectivity index (χ3n) is 6.21. The largest absolute Gasteiger partial charge is 0.360 e. The van der Waals surface area contributed by atoms with Gasteiger partial charge in [-0.1, -0.05) is 36.4 Å². The number of hydrogen-bond donors (Lipinski definition) is 2. The fraction of sp³-hybridized carbons (Fsp3) is 0.435. The number of hydrogen-bond acceptors (Lipinski definition) is 2. The molecule has 2 N–H and O–H groups in total. The van der Waals surface area contributed by atoms with E-state index in [0.717, 1.165) is 57.9 Å². The van der Waals surface area contributed by atoms with Gasteiger partial charge in [0.2, 0.25) is 0 Å². The van der Waals surface area contributed by atoms with E-state index in [-0.39, 0.29) is 11.7 Å². The second kappa shape index (κ2) is 9.37. The highest BCUT2D eigenvalue weighted by molar-refractivity contribution is 5.77. The van der Waals surface area contributed by atoms with Gasteiger partial charge in [-0.15, -0.1) is 0 Å². The summed E-state index contributed by atoms with van der Waals surface area (Å²) < 4.78 is 13.9. The monoisotopic (exact) mass is 398 g/mol. The van der Waals surface area contributed by atoms with Crippen LogP contribution in [0.3, 0.4) is 0 Å². The smallest absolute Gasteiger partial charge is 0.278 e. The Morgan fingerprint density at radius 3 is 2.14 bits per heavy atom. The number of quaternary nitrogens is 2. The van der Waals surface area contributed by atoms with Crippen molar-refractivity contribution in [3.8, 4) is 0 Å². The van der Waals surface area contributed by atoms with Gasteiger partial charge in [-0.25, -0.2) is 4.39 Å².